The fourth-order valence-electron chi connectivity index (χ4n) is 2.88. The van der Waals surface area contributed by atoms with Crippen LogP contribution in [-0.2, 0) is 17.8 Å². The first-order valence-corrected chi connectivity index (χ1v) is 7.76. The summed E-state index contributed by atoms with van der Waals surface area (Å²) >= 11 is 1.85. The van der Waals surface area contributed by atoms with Crippen molar-refractivity contribution in [1.29, 1.82) is 0 Å². The molecular weight excluding hydrogens is 244 g/mol. The van der Waals surface area contributed by atoms with Gasteiger partial charge in [-0.05, 0) is 42.7 Å². The highest BCUT2D eigenvalue weighted by Gasteiger charge is 2.22. The minimum absolute atomic E-state index is 0.327. The molecule has 3 rings (SSSR count). The zero-order valence-corrected chi connectivity index (χ0v) is 11.5. The number of amides is 1. The molecular formula is C14H20N2OS. The molecule has 2 aliphatic rings. The molecule has 3 nitrogen and oxygen atoms in total. The van der Waals surface area contributed by atoms with Crippen molar-refractivity contribution < 1.29 is 4.79 Å². The van der Waals surface area contributed by atoms with Crippen LogP contribution in [-0.4, -0.2) is 41.9 Å². The van der Waals surface area contributed by atoms with Crippen molar-refractivity contribution >= 4 is 17.2 Å². The number of carbonyl (C=O) groups excluding carboxylic acids is 1. The highest BCUT2D eigenvalue weighted by atomic mass is 32.1. The quantitative estimate of drug-likeness (QED) is 0.817. The van der Waals surface area contributed by atoms with Crippen LogP contribution >= 0.6 is 11.3 Å². The van der Waals surface area contributed by atoms with E-state index in [-0.39, 0.29) is 0 Å². The van der Waals surface area contributed by atoms with Crippen molar-refractivity contribution in [3.8, 4) is 0 Å². The largest absolute Gasteiger partial charge is 0.342 e. The van der Waals surface area contributed by atoms with E-state index in [1.807, 2.05) is 16.2 Å². The summed E-state index contributed by atoms with van der Waals surface area (Å²) in [6.07, 6.45) is 4.76. The predicted octanol–water partition coefficient (Wildman–Crippen LogP) is 2.12. The first-order valence-electron chi connectivity index (χ1n) is 6.88. The Hall–Kier alpha value is -0.870. The number of nitrogens with zero attached hydrogens (tertiary/aromatic N) is 2. The SMILES string of the molecule is O=C(CN1CCc2sccc2C1)N1CCCCC1. The maximum Gasteiger partial charge on any atom is 0.236 e. The second-order valence-corrected chi connectivity index (χ2v) is 6.27. The standard InChI is InChI=1S/C14H20N2OS/c17-14(16-6-2-1-3-7-16)11-15-8-4-13-12(10-15)5-9-18-13/h5,9H,1-4,6-8,10-11H2. The van der Waals surface area contributed by atoms with E-state index in [2.05, 4.69) is 16.3 Å². The number of piperidine rings is 1. The average molecular weight is 264 g/mol. The minimum Gasteiger partial charge on any atom is -0.342 e. The van der Waals surface area contributed by atoms with Crippen LogP contribution in [0.2, 0.25) is 0 Å². The predicted molar refractivity (Wildman–Crippen MR) is 73.7 cm³/mol. The molecule has 0 bridgehead atoms. The lowest BCUT2D eigenvalue weighted by atomic mass is 10.1. The van der Waals surface area contributed by atoms with Gasteiger partial charge in [-0.2, -0.15) is 0 Å². The summed E-state index contributed by atoms with van der Waals surface area (Å²) in [5.41, 5.74) is 1.43. The third-order valence-electron chi connectivity index (χ3n) is 3.95. The zero-order valence-electron chi connectivity index (χ0n) is 10.7. The molecule has 1 aromatic heterocycles. The van der Waals surface area contributed by atoms with E-state index < -0.39 is 0 Å². The Morgan fingerprint density at radius 2 is 2.06 bits per heavy atom. The molecule has 98 valence electrons. The van der Waals surface area contributed by atoms with E-state index in [1.54, 1.807) is 0 Å². The number of thiophene rings is 1. The van der Waals surface area contributed by atoms with E-state index in [9.17, 15) is 4.79 Å². The summed E-state index contributed by atoms with van der Waals surface area (Å²) in [5, 5.41) is 2.17. The molecule has 0 unspecified atom stereocenters. The Morgan fingerprint density at radius 3 is 2.89 bits per heavy atom. The van der Waals surface area contributed by atoms with Crippen molar-refractivity contribution in [3.05, 3.63) is 21.9 Å². The molecule has 4 heteroatoms. The average Bonchev–Trinajstić information content (AvgIpc) is 2.87. The lowest BCUT2D eigenvalue weighted by molar-refractivity contribution is -0.133. The Kier molecular flexibility index (Phi) is 3.66. The highest BCUT2D eigenvalue weighted by molar-refractivity contribution is 7.10. The minimum atomic E-state index is 0.327. The zero-order chi connectivity index (χ0) is 12.4. The first-order chi connectivity index (χ1) is 8.83. The summed E-state index contributed by atoms with van der Waals surface area (Å²) in [6.45, 7) is 4.54. The molecule has 1 fully saturated rings. The summed E-state index contributed by atoms with van der Waals surface area (Å²) in [5.74, 6) is 0.327. The van der Waals surface area contributed by atoms with Gasteiger partial charge in [0.1, 0.15) is 0 Å². The fourth-order valence-corrected chi connectivity index (χ4v) is 3.77. The summed E-state index contributed by atoms with van der Waals surface area (Å²) in [7, 11) is 0. The van der Waals surface area contributed by atoms with Gasteiger partial charge >= 0.3 is 0 Å². The number of rotatable bonds is 2. The van der Waals surface area contributed by atoms with E-state index in [0.29, 0.717) is 12.5 Å². The lowest BCUT2D eigenvalue weighted by Gasteiger charge is -2.31. The van der Waals surface area contributed by atoms with E-state index >= 15 is 0 Å². The molecule has 0 atom stereocenters. The smallest absolute Gasteiger partial charge is 0.236 e. The van der Waals surface area contributed by atoms with Gasteiger partial charge in [0.2, 0.25) is 5.91 Å². The molecule has 3 heterocycles. The third-order valence-corrected chi connectivity index (χ3v) is 4.98. The van der Waals surface area contributed by atoms with Gasteiger partial charge in [-0.3, -0.25) is 9.69 Å². The Labute approximate surface area is 112 Å². The number of hydrogen-bond donors (Lipinski definition) is 0. The lowest BCUT2D eigenvalue weighted by Crippen LogP contribution is -2.43. The molecule has 0 N–H and O–H groups in total. The van der Waals surface area contributed by atoms with Crippen LogP contribution < -0.4 is 0 Å². The van der Waals surface area contributed by atoms with Crippen LogP contribution in [0, 0.1) is 0 Å². The molecule has 1 saturated heterocycles. The number of carbonyl (C=O) groups is 1. The second kappa shape index (κ2) is 5.41. The number of fused-ring (bicyclic) bond motifs is 1. The van der Waals surface area contributed by atoms with Gasteiger partial charge < -0.3 is 4.90 Å². The van der Waals surface area contributed by atoms with Gasteiger partial charge in [-0.15, -0.1) is 11.3 Å². The molecule has 1 aromatic rings. The maximum absolute atomic E-state index is 12.2. The molecule has 0 saturated carbocycles. The van der Waals surface area contributed by atoms with Crippen molar-refractivity contribution in [1.82, 2.24) is 9.80 Å². The van der Waals surface area contributed by atoms with Crippen LogP contribution in [0.15, 0.2) is 11.4 Å². The molecule has 18 heavy (non-hydrogen) atoms. The number of hydrogen-bond acceptors (Lipinski definition) is 3. The van der Waals surface area contributed by atoms with Crippen LogP contribution in [0.25, 0.3) is 0 Å². The Balaban J connectivity index is 1.56. The normalized spacial score (nSPS) is 20.8. The third kappa shape index (κ3) is 2.59. The van der Waals surface area contributed by atoms with Gasteiger partial charge in [0, 0.05) is 31.1 Å². The van der Waals surface area contributed by atoms with Crippen LogP contribution in [0.1, 0.15) is 29.7 Å². The second-order valence-electron chi connectivity index (χ2n) is 5.27. The van der Waals surface area contributed by atoms with Gasteiger partial charge in [-0.1, -0.05) is 0 Å². The van der Waals surface area contributed by atoms with E-state index in [0.717, 1.165) is 32.6 Å². The van der Waals surface area contributed by atoms with Crippen molar-refractivity contribution in [2.24, 2.45) is 0 Å². The monoisotopic (exact) mass is 264 g/mol. The highest BCUT2D eigenvalue weighted by Crippen LogP contribution is 2.24. The molecule has 0 aliphatic carbocycles. The van der Waals surface area contributed by atoms with Crippen LogP contribution in [0.3, 0.4) is 0 Å². The first kappa shape index (κ1) is 12.2. The van der Waals surface area contributed by atoms with Crippen molar-refractivity contribution in [2.75, 3.05) is 26.2 Å². The fraction of sp³-hybridized carbons (Fsp3) is 0.643. The molecule has 0 spiro atoms. The Bertz CT molecular complexity index is 423. The van der Waals surface area contributed by atoms with E-state index in [1.165, 1.54) is 29.7 Å². The maximum atomic E-state index is 12.2. The van der Waals surface area contributed by atoms with E-state index in [4.69, 9.17) is 0 Å². The number of likely N-dealkylation sites (tertiary alicyclic amines) is 1. The van der Waals surface area contributed by atoms with Crippen LogP contribution in [0.5, 0.6) is 0 Å². The van der Waals surface area contributed by atoms with Crippen molar-refractivity contribution in [3.63, 3.8) is 0 Å². The summed E-state index contributed by atoms with van der Waals surface area (Å²) < 4.78 is 0. The summed E-state index contributed by atoms with van der Waals surface area (Å²) in [6, 6.07) is 2.21. The molecule has 0 aromatic carbocycles. The summed E-state index contributed by atoms with van der Waals surface area (Å²) in [4.78, 5) is 18.1. The molecule has 2 aliphatic heterocycles. The molecule has 1 amide bonds. The topological polar surface area (TPSA) is 23.6 Å². The van der Waals surface area contributed by atoms with Gasteiger partial charge in [0.15, 0.2) is 0 Å². The Morgan fingerprint density at radius 1 is 1.22 bits per heavy atom. The molecule has 0 radical (unpaired) electrons. The van der Waals surface area contributed by atoms with Crippen LogP contribution in [0.4, 0.5) is 0 Å². The van der Waals surface area contributed by atoms with Gasteiger partial charge in [0.25, 0.3) is 0 Å². The van der Waals surface area contributed by atoms with Gasteiger partial charge in [-0.25, -0.2) is 0 Å². The van der Waals surface area contributed by atoms with Gasteiger partial charge in [0.05, 0.1) is 6.54 Å². The van der Waals surface area contributed by atoms with Crippen molar-refractivity contribution in [2.45, 2.75) is 32.2 Å².